The maximum atomic E-state index is 12.3. The summed E-state index contributed by atoms with van der Waals surface area (Å²) < 4.78 is 0. The normalized spacial score (nSPS) is 19.8. The Hall–Kier alpha value is -2.31. The monoisotopic (exact) mass is 327 g/mol. The van der Waals surface area contributed by atoms with Gasteiger partial charge in [0.05, 0.1) is 12.1 Å². The SMILES string of the molecule is CC1(CC(=O)N(O)c2ccccc2)NN=C(c2ccccc2)S1. The standard InChI is InChI=1S/C17H17N3O2S/c1-17(12-15(21)20(22)14-10-6-3-7-11-14)19-18-16(23-17)13-8-4-2-5-9-13/h2-11,19,22H,12H2,1H3. The van der Waals surface area contributed by atoms with E-state index >= 15 is 0 Å². The van der Waals surface area contributed by atoms with E-state index in [1.54, 1.807) is 24.3 Å². The Labute approximate surface area is 139 Å². The number of anilines is 1. The number of nitrogens with zero attached hydrogens (tertiary/aromatic N) is 2. The predicted molar refractivity (Wildman–Crippen MR) is 92.4 cm³/mol. The van der Waals surface area contributed by atoms with E-state index in [-0.39, 0.29) is 12.3 Å². The second kappa shape index (κ2) is 6.44. The van der Waals surface area contributed by atoms with Gasteiger partial charge in [-0.1, -0.05) is 60.3 Å². The van der Waals surface area contributed by atoms with Gasteiger partial charge >= 0.3 is 0 Å². The van der Waals surface area contributed by atoms with Gasteiger partial charge in [-0.2, -0.15) is 10.2 Å². The third-order valence-electron chi connectivity index (χ3n) is 3.46. The third kappa shape index (κ3) is 3.55. The molecule has 1 amide bonds. The Balaban J connectivity index is 1.66. The van der Waals surface area contributed by atoms with Gasteiger partial charge in [-0.15, -0.1) is 0 Å². The number of nitrogens with one attached hydrogen (secondary N) is 1. The molecule has 23 heavy (non-hydrogen) atoms. The van der Waals surface area contributed by atoms with E-state index in [4.69, 9.17) is 0 Å². The Bertz CT molecular complexity index is 721. The Kier molecular flexibility index (Phi) is 4.36. The minimum Gasteiger partial charge on any atom is -0.292 e. The zero-order valence-electron chi connectivity index (χ0n) is 12.6. The van der Waals surface area contributed by atoms with Crippen LogP contribution < -0.4 is 10.5 Å². The first-order chi connectivity index (χ1) is 11.1. The average Bonchev–Trinajstić information content (AvgIpc) is 2.97. The largest absolute Gasteiger partial charge is 0.292 e. The number of amides is 1. The van der Waals surface area contributed by atoms with Gasteiger partial charge in [-0.25, -0.2) is 0 Å². The molecule has 2 N–H and O–H groups in total. The lowest BCUT2D eigenvalue weighted by molar-refractivity contribution is -0.124. The zero-order valence-corrected chi connectivity index (χ0v) is 13.5. The van der Waals surface area contributed by atoms with Crippen LogP contribution in [0.5, 0.6) is 0 Å². The minimum atomic E-state index is -0.585. The maximum absolute atomic E-state index is 12.3. The summed E-state index contributed by atoms with van der Waals surface area (Å²) in [5, 5.41) is 15.9. The van der Waals surface area contributed by atoms with Crippen molar-refractivity contribution in [1.82, 2.24) is 5.43 Å². The quantitative estimate of drug-likeness (QED) is 0.668. The molecule has 0 saturated carbocycles. The summed E-state index contributed by atoms with van der Waals surface area (Å²) in [7, 11) is 0. The molecule has 1 heterocycles. The van der Waals surface area contributed by atoms with Gasteiger partial charge in [0.15, 0.2) is 0 Å². The highest BCUT2D eigenvalue weighted by Crippen LogP contribution is 2.35. The van der Waals surface area contributed by atoms with Crippen LogP contribution in [0.2, 0.25) is 0 Å². The maximum Gasteiger partial charge on any atom is 0.253 e. The Morgan fingerprint density at radius 2 is 1.78 bits per heavy atom. The Morgan fingerprint density at radius 3 is 2.43 bits per heavy atom. The molecule has 0 saturated heterocycles. The molecule has 0 radical (unpaired) electrons. The molecule has 1 atom stereocenters. The van der Waals surface area contributed by atoms with E-state index in [0.29, 0.717) is 10.8 Å². The van der Waals surface area contributed by atoms with E-state index in [2.05, 4.69) is 10.5 Å². The van der Waals surface area contributed by atoms with Crippen molar-refractivity contribution in [3.63, 3.8) is 0 Å². The second-order valence-electron chi connectivity index (χ2n) is 5.45. The fourth-order valence-electron chi connectivity index (χ4n) is 2.28. The summed E-state index contributed by atoms with van der Waals surface area (Å²) in [4.78, 5) is 11.7. The van der Waals surface area contributed by atoms with Gasteiger partial charge in [0, 0.05) is 5.56 Å². The number of thioether (sulfide) groups is 1. The van der Waals surface area contributed by atoms with Crippen molar-refractivity contribution >= 4 is 28.4 Å². The Morgan fingerprint density at radius 1 is 1.17 bits per heavy atom. The highest BCUT2D eigenvalue weighted by atomic mass is 32.2. The van der Waals surface area contributed by atoms with E-state index in [9.17, 15) is 10.0 Å². The average molecular weight is 327 g/mol. The topological polar surface area (TPSA) is 64.9 Å². The lowest BCUT2D eigenvalue weighted by Gasteiger charge is -2.24. The molecule has 5 nitrogen and oxygen atoms in total. The number of benzene rings is 2. The first kappa shape index (κ1) is 15.6. The van der Waals surface area contributed by atoms with Crippen molar-refractivity contribution in [3.8, 4) is 0 Å². The molecule has 0 aliphatic carbocycles. The van der Waals surface area contributed by atoms with Crippen LogP contribution in [0.3, 0.4) is 0 Å². The van der Waals surface area contributed by atoms with Crippen molar-refractivity contribution in [1.29, 1.82) is 0 Å². The number of carbonyl (C=O) groups is 1. The molecule has 0 spiro atoms. The number of hydrogen-bond donors (Lipinski definition) is 2. The van der Waals surface area contributed by atoms with Gasteiger partial charge in [0.2, 0.25) is 0 Å². The molecule has 6 heteroatoms. The molecule has 3 rings (SSSR count). The number of hydroxylamine groups is 1. The van der Waals surface area contributed by atoms with Gasteiger partial charge in [-0.05, 0) is 19.1 Å². The van der Waals surface area contributed by atoms with Crippen LogP contribution >= 0.6 is 11.8 Å². The minimum absolute atomic E-state index is 0.114. The molecule has 1 unspecified atom stereocenters. The molecule has 118 valence electrons. The van der Waals surface area contributed by atoms with Crippen LogP contribution in [0.4, 0.5) is 5.69 Å². The van der Waals surface area contributed by atoms with Crippen molar-refractivity contribution in [2.75, 3.05) is 5.06 Å². The lowest BCUT2D eigenvalue weighted by Crippen LogP contribution is -2.39. The van der Waals surface area contributed by atoms with Gasteiger partial charge in [0.1, 0.15) is 9.91 Å². The number of para-hydroxylation sites is 1. The van der Waals surface area contributed by atoms with Crippen molar-refractivity contribution in [3.05, 3.63) is 66.2 Å². The fourth-order valence-corrected chi connectivity index (χ4v) is 3.34. The zero-order chi connectivity index (χ0) is 16.3. The van der Waals surface area contributed by atoms with Gasteiger partial charge < -0.3 is 0 Å². The number of hydrazone groups is 1. The van der Waals surface area contributed by atoms with E-state index in [1.807, 2.05) is 43.3 Å². The fraction of sp³-hybridized carbons (Fsp3) is 0.176. The molecule has 0 aromatic heterocycles. The highest BCUT2D eigenvalue weighted by Gasteiger charge is 2.36. The summed E-state index contributed by atoms with van der Waals surface area (Å²) in [6.07, 6.45) is 0.114. The van der Waals surface area contributed by atoms with Gasteiger partial charge in [-0.3, -0.25) is 15.4 Å². The number of hydrogen-bond acceptors (Lipinski definition) is 5. The molecule has 0 fully saturated rings. The van der Waals surface area contributed by atoms with Crippen LogP contribution in [-0.4, -0.2) is 21.0 Å². The van der Waals surface area contributed by atoms with Crippen LogP contribution in [0.15, 0.2) is 65.8 Å². The molecule has 1 aliphatic rings. The molecular weight excluding hydrogens is 310 g/mol. The van der Waals surface area contributed by atoms with Crippen LogP contribution in [0.1, 0.15) is 18.9 Å². The summed E-state index contributed by atoms with van der Waals surface area (Å²) in [6, 6.07) is 18.5. The van der Waals surface area contributed by atoms with Crippen LogP contribution in [-0.2, 0) is 4.79 Å². The van der Waals surface area contributed by atoms with E-state index < -0.39 is 4.87 Å². The van der Waals surface area contributed by atoms with Crippen LogP contribution in [0, 0.1) is 0 Å². The first-order valence-corrected chi connectivity index (χ1v) is 8.05. The summed E-state index contributed by atoms with van der Waals surface area (Å²) in [5.74, 6) is -0.386. The smallest absolute Gasteiger partial charge is 0.253 e. The third-order valence-corrected chi connectivity index (χ3v) is 4.67. The highest BCUT2D eigenvalue weighted by molar-refractivity contribution is 8.15. The first-order valence-electron chi connectivity index (χ1n) is 7.24. The molecular formula is C17H17N3O2S. The van der Waals surface area contributed by atoms with E-state index in [0.717, 1.165) is 10.6 Å². The lowest BCUT2D eigenvalue weighted by atomic mass is 10.2. The molecule has 1 aliphatic heterocycles. The van der Waals surface area contributed by atoms with Crippen LogP contribution in [0.25, 0.3) is 0 Å². The van der Waals surface area contributed by atoms with Gasteiger partial charge in [0.25, 0.3) is 5.91 Å². The second-order valence-corrected chi connectivity index (χ2v) is 6.94. The number of carbonyl (C=O) groups excluding carboxylic acids is 1. The molecule has 2 aromatic rings. The van der Waals surface area contributed by atoms with E-state index in [1.165, 1.54) is 11.8 Å². The summed E-state index contributed by atoms with van der Waals surface area (Å²) in [5.41, 5.74) is 4.47. The molecule has 0 bridgehead atoms. The summed E-state index contributed by atoms with van der Waals surface area (Å²) in [6.45, 7) is 1.90. The molecule has 2 aromatic carbocycles. The van der Waals surface area contributed by atoms with Crippen molar-refractivity contribution in [2.45, 2.75) is 18.2 Å². The van der Waals surface area contributed by atoms with Crippen molar-refractivity contribution in [2.24, 2.45) is 5.10 Å². The predicted octanol–water partition coefficient (Wildman–Crippen LogP) is 3.21. The number of rotatable bonds is 4. The van der Waals surface area contributed by atoms with Crippen molar-refractivity contribution < 1.29 is 10.0 Å². The summed E-state index contributed by atoms with van der Waals surface area (Å²) >= 11 is 1.49.